The summed E-state index contributed by atoms with van der Waals surface area (Å²) in [5, 5.41) is 7.93. The molecule has 1 aromatic heterocycles. The number of nitrogens with zero attached hydrogens (tertiary/aromatic N) is 1. The molecule has 9 heteroatoms. The largest absolute Gasteiger partial charge is 0.352 e. The molecule has 1 aromatic rings. The van der Waals surface area contributed by atoms with Crippen molar-refractivity contribution in [3.8, 4) is 0 Å². The minimum Gasteiger partial charge on any atom is -0.352 e. The van der Waals surface area contributed by atoms with Gasteiger partial charge in [-0.05, 0) is 43.2 Å². The SMILES string of the molecule is NCC(=O)NC1CCC(c2ccn(S(N)(=O)=O)c2C=O)CC1. The first kappa shape index (κ1) is 16.7. The quantitative estimate of drug-likeness (QED) is 0.623. The molecular formula is C13H20N4O4S. The van der Waals surface area contributed by atoms with E-state index in [9.17, 15) is 18.0 Å². The lowest BCUT2D eigenvalue weighted by molar-refractivity contribution is -0.120. The molecular weight excluding hydrogens is 308 g/mol. The highest BCUT2D eigenvalue weighted by molar-refractivity contribution is 7.87. The van der Waals surface area contributed by atoms with Gasteiger partial charge < -0.3 is 11.1 Å². The Bertz CT molecular complexity index is 660. The number of aldehydes is 1. The average Bonchev–Trinajstić information content (AvgIpc) is 2.91. The van der Waals surface area contributed by atoms with Crippen molar-refractivity contribution in [2.75, 3.05) is 6.54 Å². The summed E-state index contributed by atoms with van der Waals surface area (Å²) in [5.74, 6) is -0.105. The fourth-order valence-electron chi connectivity index (χ4n) is 2.96. The summed E-state index contributed by atoms with van der Waals surface area (Å²) < 4.78 is 23.7. The predicted octanol–water partition coefficient (Wildman–Crippen LogP) is -0.547. The van der Waals surface area contributed by atoms with Gasteiger partial charge in [-0.25, -0.2) is 9.11 Å². The number of carbonyl (C=O) groups is 2. The van der Waals surface area contributed by atoms with Crippen LogP contribution in [0, 0.1) is 0 Å². The van der Waals surface area contributed by atoms with Gasteiger partial charge in [-0.3, -0.25) is 9.59 Å². The summed E-state index contributed by atoms with van der Waals surface area (Å²) in [4.78, 5) is 22.5. The number of aromatic nitrogens is 1. The zero-order chi connectivity index (χ0) is 16.3. The van der Waals surface area contributed by atoms with Crippen LogP contribution >= 0.6 is 0 Å². The van der Waals surface area contributed by atoms with E-state index >= 15 is 0 Å². The molecule has 0 bridgehead atoms. The van der Waals surface area contributed by atoms with Crippen LogP contribution < -0.4 is 16.2 Å². The molecule has 8 nitrogen and oxygen atoms in total. The lowest BCUT2D eigenvalue weighted by atomic mass is 9.81. The van der Waals surface area contributed by atoms with E-state index < -0.39 is 10.2 Å². The fraction of sp³-hybridized carbons (Fsp3) is 0.538. The average molecular weight is 328 g/mol. The maximum absolute atomic E-state index is 11.4. The number of carbonyl (C=O) groups excluding carboxylic acids is 2. The van der Waals surface area contributed by atoms with E-state index in [0.29, 0.717) is 11.8 Å². The molecule has 5 N–H and O–H groups in total. The third-order valence-corrected chi connectivity index (χ3v) is 4.89. The Morgan fingerprint density at radius 2 is 2.00 bits per heavy atom. The summed E-state index contributed by atoms with van der Waals surface area (Å²) in [6, 6.07) is 1.70. The molecule has 0 spiro atoms. The topological polar surface area (TPSA) is 137 Å². The van der Waals surface area contributed by atoms with E-state index in [1.165, 1.54) is 6.20 Å². The molecule has 0 aliphatic heterocycles. The molecule has 0 aromatic carbocycles. The molecule has 0 saturated heterocycles. The van der Waals surface area contributed by atoms with Crippen LogP contribution in [0.4, 0.5) is 0 Å². The molecule has 122 valence electrons. The second-order valence-electron chi connectivity index (χ2n) is 5.44. The maximum atomic E-state index is 11.4. The number of nitrogens with one attached hydrogen (secondary N) is 1. The molecule has 1 amide bonds. The molecule has 22 heavy (non-hydrogen) atoms. The van der Waals surface area contributed by atoms with Crippen molar-refractivity contribution >= 4 is 22.4 Å². The highest BCUT2D eigenvalue weighted by Crippen LogP contribution is 2.34. The summed E-state index contributed by atoms with van der Waals surface area (Å²) in [7, 11) is -3.98. The van der Waals surface area contributed by atoms with Crippen molar-refractivity contribution in [3.05, 3.63) is 23.5 Å². The van der Waals surface area contributed by atoms with Gasteiger partial charge in [0.25, 0.3) is 0 Å². The first-order valence-corrected chi connectivity index (χ1v) is 8.56. The smallest absolute Gasteiger partial charge is 0.302 e. The summed E-state index contributed by atoms with van der Waals surface area (Å²) >= 11 is 0. The second kappa shape index (κ2) is 6.59. The monoisotopic (exact) mass is 328 g/mol. The molecule has 1 fully saturated rings. The van der Waals surface area contributed by atoms with Gasteiger partial charge in [-0.1, -0.05) is 0 Å². The molecule has 0 unspecified atom stereocenters. The molecule has 2 rings (SSSR count). The van der Waals surface area contributed by atoms with E-state index in [0.717, 1.165) is 29.7 Å². The number of hydrogen-bond acceptors (Lipinski definition) is 5. The van der Waals surface area contributed by atoms with Gasteiger partial charge in [0.15, 0.2) is 6.29 Å². The normalized spacial score (nSPS) is 22.3. The number of nitrogens with two attached hydrogens (primary N) is 2. The van der Waals surface area contributed by atoms with Crippen molar-refractivity contribution < 1.29 is 18.0 Å². The number of rotatable bonds is 5. The fourth-order valence-corrected chi connectivity index (χ4v) is 3.62. The highest BCUT2D eigenvalue weighted by atomic mass is 32.2. The number of amides is 1. The van der Waals surface area contributed by atoms with Crippen LogP contribution in [0.1, 0.15) is 47.7 Å². The van der Waals surface area contributed by atoms with Crippen LogP contribution in [0.25, 0.3) is 0 Å². The predicted molar refractivity (Wildman–Crippen MR) is 80.5 cm³/mol. The Hall–Kier alpha value is -1.71. The molecule has 1 saturated carbocycles. The summed E-state index contributed by atoms with van der Waals surface area (Å²) in [5.41, 5.74) is 6.03. The zero-order valence-corrected chi connectivity index (χ0v) is 12.9. The maximum Gasteiger partial charge on any atom is 0.302 e. The second-order valence-corrected chi connectivity index (χ2v) is 6.86. The molecule has 1 heterocycles. The van der Waals surface area contributed by atoms with E-state index in [1.807, 2.05) is 0 Å². The third kappa shape index (κ3) is 3.54. The molecule has 0 radical (unpaired) electrons. The van der Waals surface area contributed by atoms with E-state index in [-0.39, 0.29) is 30.1 Å². The van der Waals surface area contributed by atoms with Crippen molar-refractivity contribution in [2.45, 2.75) is 37.6 Å². The minimum absolute atomic E-state index is 0.0353. The Morgan fingerprint density at radius 1 is 1.36 bits per heavy atom. The summed E-state index contributed by atoms with van der Waals surface area (Å²) in [6.45, 7) is -0.0353. The Labute approximate surface area is 129 Å². The third-order valence-electron chi connectivity index (χ3n) is 4.03. The lowest BCUT2D eigenvalue weighted by Crippen LogP contribution is -2.40. The Balaban J connectivity index is 2.11. The van der Waals surface area contributed by atoms with Gasteiger partial charge in [0.05, 0.1) is 6.54 Å². The van der Waals surface area contributed by atoms with Crippen LogP contribution in [0.3, 0.4) is 0 Å². The number of hydrogen-bond donors (Lipinski definition) is 3. The van der Waals surface area contributed by atoms with Gasteiger partial charge in [-0.2, -0.15) is 8.42 Å². The zero-order valence-electron chi connectivity index (χ0n) is 12.1. The summed E-state index contributed by atoms with van der Waals surface area (Å²) in [6.07, 6.45) is 4.85. The van der Waals surface area contributed by atoms with Crippen LogP contribution in [0.5, 0.6) is 0 Å². The lowest BCUT2D eigenvalue weighted by Gasteiger charge is -2.29. The van der Waals surface area contributed by atoms with E-state index in [1.54, 1.807) is 6.07 Å². The van der Waals surface area contributed by atoms with Crippen molar-refractivity contribution in [2.24, 2.45) is 10.9 Å². The highest BCUT2D eigenvalue weighted by Gasteiger charge is 2.27. The molecule has 1 aliphatic carbocycles. The van der Waals surface area contributed by atoms with Crippen LogP contribution in [0.15, 0.2) is 12.3 Å². The standard InChI is InChI=1S/C13H20N4O4S/c14-7-13(19)16-10-3-1-9(2-4-10)11-5-6-17(12(11)8-18)22(15,20)21/h5-6,8-10H,1-4,7,14H2,(H,16,19)(H2,15,20,21). The van der Waals surface area contributed by atoms with Gasteiger partial charge in [0, 0.05) is 12.2 Å². The Kier molecular flexibility index (Phi) is 4.99. The van der Waals surface area contributed by atoms with Crippen molar-refractivity contribution in [1.29, 1.82) is 0 Å². The van der Waals surface area contributed by atoms with Crippen molar-refractivity contribution in [1.82, 2.24) is 9.29 Å². The van der Waals surface area contributed by atoms with Crippen LogP contribution in [0.2, 0.25) is 0 Å². The van der Waals surface area contributed by atoms with E-state index in [4.69, 9.17) is 10.9 Å². The first-order chi connectivity index (χ1) is 10.4. The van der Waals surface area contributed by atoms with Crippen LogP contribution in [-0.4, -0.2) is 37.2 Å². The van der Waals surface area contributed by atoms with Gasteiger partial charge in [-0.15, -0.1) is 0 Å². The van der Waals surface area contributed by atoms with Crippen LogP contribution in [-0.2, 0) is 15.0 Å². The first-order valence-electron chi connectivity index (χ1n) is 7.06. The van der Waals surface area contributed by atoms with Gasteiger partial charge in [0.2, 0.25) is 5.91 Å². The van der Waals surface area contributed by atoms with Gasteiger partial charge >= 0.3 is 10.2 Å². The molecule has 0 atom stereocenters. The minimum atomic E-state index is -3.98. The van der Waals surface area contributed by atoms with Crippen molar-refractivity contribution in [3.63, 3.8) is 0 Å². The van der Waals surface area contributed by atoms with Gasteiger partial charge in [0.1, 0.15) is 5.69 Å². The van der Waals surface area contributed by atoms with E-state index in [2.05, 4.69) is 5.32 Å². The Morgan fingerprint density at radius 3 is 2.50 bits per heavy atom. The molecule has 1 aliphatic rings.